The molecule has 0 spiro atoms. The van der Waals surface area contributed by atoms with E-state index in [9.17, 15) is 8.42 Å². The fourth-order valence-corrected chi connectivity index (χ4v) is 4.25. The number of hydrogen-bond acceptors (Lipinski definition) is 4. The fraction of sp³-hybridized carbons (Fsp3) is 0.250. The van der Waals surface area contributed by atoms with Gasteiger partial charge in [-0.1, -0.05) is 22.0 Å². The number of hydrogen-bond donors (Lipinski definition) is 0. The number of halogens is 1. The minimum absolute atomic E-state index is 0.00451. The van der Waals surface area contributed by atoms with E-state index in [-0.39, 0.29) is 10.6 Å². The highest BCUT2D eigenvalue weighted by atomic mass is 79.9. The first-order valence-corrected chi connectivity index (χ1v) is 9.09. The van der Waals surface area contributed by atoms with Crippen LogP contribution in [-0.4, -0.2) is 15.5 Å². The molecule has 0 fully saturated rings. The van der Waals surface area contributed by atoms with Crippen LogP contribution in [0.4, 0.5) is 0 Å². The number of benzene rings is 2. The van der Waals surface area contributed by atoms with Gasteiger partial charge in [-0.05, 0) is 60.7 Å². The Labute approximate surface area is 138 Å². The van der Waals surface area contributed by atoms with E-state index in [4.69, 9.17) is 8.92 Å². The lowest BCUT2D eigenvalue weighted by molar-refractivity contribution is 0.398. The van der Waals surface area contributed by atoms with E-state index in [1.807, 2.05) is 12.1 Å². The summed E-state index contributed by atoms with van der Waals surface area (Å²) < 4.78 is 36.1. The lowest BCUT2D eigenvalue weighted by Gasteiger charge is -2.12. The molecule has 0 heterocycles. The molecule has 2 aromatic carbocycles. The Morgan fingerprint density at radius 1 is 1.05 bits per heavy atom. The summed E-state index contributed by atoms with van der Waals surface area (Å²) in [5, 5.41) is 0. The standard InChI is InChI=1S/C16H15BrO4S/c1-20-15-8-6-13(17)10-16(15)22(18,19)21-14-7-5-11-3-2-4-12(11)9-14/h5-10H,2-4H2,1H3. The van der Waals surface area contributed by atoms with Crippen molar-refractivity contribution < 1.29 is 17.3 Å². The third-order valence-electron chi connectivity index (χ3n) is 3.67. The summed E-state index contributed by atoms with van der Waals surface area (Å²) in [6.07, 6.45) is 3.11. The summed E-state index contributed by atoms with van der Waals surface area (Å²) in [5.41, 5.74) is 2.43. The van der Waals surface area contributed by atoms with Crippen molar-refractivity contribution in [3.8, 4) is 11.5 Å². The summed E-state index contributed by atoms with van der Waals surface area (Å²) in [4.78, 5) is 0.00451. The molecule has 0 bridgehead atoms. The minimum atomic E-state index is -3.95. The van der Waals surface area contributed by atoms with Gasteiger partial charge < -0.3 is 8.92 Å². The van der Waals surface area contributed by atoms with E-state index >= 15 is 0 Å². The van der Waals surface area contributed by atoms with Gasteiger partial charge in [-0.25, -0.2) is 0 Å². The fourth-order valence-electron chi connectivity index (χ4n) is 2.62. The first-order chi connectivity index (χ1) is 10.5. The molecule has 0 aliphatic heterocycles. The number of aryl methyl sites for hydroxylation is 2. The summed E-state index contributed by atoms with van der Waals surface area (Å²) in [7, 11) is -2.52. The number of rotatable bonds is 4. The molecule has 6 heteroatoms. The second kappa shape index (κ2) is 5.93. The molecular weight excluding hydrogens is 368 g/mol. The summed E-state index contributed by atoms with van der Waals surface area (Å²) in [6, 6.07) is 10.2. The van der Waals surface area contributed by atoms with E-state index in [0.717, 1.165) is 24.8 Å². The molecule has 116 valence electrons. The van der Waals surface area contributed by atoms with Gasteiger partial charge in [0.2, 0.25) is 0 Å². The van der Waals surface area contributed by atoms with Crippen LogP contribution in [0.2, 0.25) is 0 Å². The molecule has 0 saturated heterocycles. The van der Waals surface area contributed by atoms with E-state index in [2.05, 4.69) is 15.9 Å². The average Bonchev–Trinajstić information content (AvgIpc) is 2.94. The van der Waals surface area contributed by atoms with Crippen LogP contribution >= 0.6 is 15.9 Å². The average molecular weight is 383 g/mol. The highest BCUT2D eigenvalue weighted by molar-refractivity contribution is 9.10. The van der Waals surface area contributed by atoms with E-state index in [1.54, 1.807) is 18.2 Å². The van der Waals surface area contributed by atoms with Crippen molar-refractivity contribution in [1.82, 2.24) is 0 Å². The predicted octanol–water partition coefficient (Wildman–Crippen LogP) is 3.71. The molecule has 0 atom stereocenters. The molecular formula is C16H15BrO4S. The predicted molar refractivity (Wildman–Crippen MR) is 87.0 cm³/mol. The van der Waals surface area contributed by atoms with Gasteiger partial charge in [0.25, 0.3) is 0 Å². The van der Waals surface area contributed by atoms with Crippen molar-refractivity contribution in [2.24, 2.45) is 0 Å². The number of ether oxygens (including phenoxy) is 1. The van der Waals surface area contributed by atoms with Gasteiger partial charge in [-0.15, -0.1) is 0 Å². The van der Waals surface area contributed by atoms with Crippen molar-refractivity contribution in [2.75, 3.05) is 7.11 Å². The minimum Gasteiger partial charge on any atom is -0.495 e. The van der Waals surface area contributed by atoms with Gasteiger partial charge in [0.1, 0.15) is 16.4 Å². The molecule has 0 aromatic heterocycles. The summed E-state index contributed by atoms with van der Waals surface area (Å²) in [5.74, 6) is 0.590. The van der Waals surface area contributed by atoms with Gasteiger partial charge in [0, 0.05) is 4.47 Å². The summed E-state index contributed by atoms with van der Waals surface area (Å²) in [6.45, 7) is 0. The zero-order valence-electron chi connectivity index (χ0n) is 12.0. The maximum atomic E-state index is 12.5. The van der Waals surface area contributed by atoms with Crippen LogP contribution in [0.1, 0.15) is 17.5 Å². The van der Waals surface area contributed by atoms with Crippen LogP contribution in [0.3, 0.4) is 0 Å². The van der Waals surface area contributed by atoms with Crippen molar-refractivity contribution in [3.05, 3.63) is 52.0 Å². The number of methoxy groups -OCH3 is 1. The van der Waals surface area contributed by atoms with Crippen LogP contribution in [-0.2, 0) is 23.0 Å². The van der Waals surface area contributed by atoms with E-state index in [0.29, 0.717) is 10.2 Å². The van der Waals surface area contributed by atoms with Crippen LogP contribution in [0, 0.1) is 0 Å². The Bertz CT molecular complexity index is 815. The van der Waals surface area contributed by atoms with Crippen molar-refractivity contribution >= 4 is 26.0 Å². The zero-order chi connectivity index (χ0) is 15.7. The molecule has 1 aliphatic rings. The van der Waals surface area contributed by atoms with E-state index < -0.39 is 10.1 Å². The molecule has 22 heavy (non-hydrogen) atoms. The first-order valence-electron chi connectivity index (χ1n) is 6.89. The van der Waals surface area contributed by atoms with Gasteiger partial charge in [-0.3, -0.25) is 0 Å². The van der Waals surface area contributed by atoms with Crippen molar-refractivity contribution in [3.63, 3.8) is 0 Å². The van der Waals surface area contributed by atoms with Gasteiger partial charge in [-0.2, -0.15) is 8.42 Å². The quantitative estimate of drug-likeness (QED) is 0.756. The smallest absolute Gasteiger partial charge is 0.342 e. The normalized spacial score (nSPS) is 13.7. The molecule has 0 unspecified atom stereocenters. The van der Waals surface area contributed by atoms with Crippen LogP contribution in [0.15, 0.2) is 45.8 Å². The molecule has 0 saturated carbocycles. The topological polar surface area (TPSA) is 52.6 Å². The highest BCUT2D eigenvalue weighted by Crippen LogP contribution is 2.31. The Morgan fingerprint density at radius 3 is 2.59 bits per heavy atom. The first kappa shape index (κ1) is 15.4. The van der Waals surface area contributed by atoms with Crippen molar-refractivity contribution in [1.29, 1.82) is 0 Å². The summed E-state index contributed by atoms with van der Waals surface area (Å²) >= 11 is 3.27. The third-order valence-corrected chi connectivity index (χ3v) is 5.43. The molecule has 0 N–H and O–H groups in total. The largest absolute Gasteiger partial charge is 0.495 e. The monoisotopic (exact) mass is 382 g/mol. The molecule has 0 amide bonds. The second-order valence-corrected chi connectivity index (χ2v) is 7.55. The van der Waals surface area contributed by atoms with Crippen LogP contribution < -0.4 is 8.92 Å². The molecule has 0 radical (unpaired) electrons. The van der Waals surface area contributed by atoms with Gasteiger partial charge >= 0.3 is 10.1 Å². The molecule has 1 aliphatic carbocycles. The second-order valence-electron chi connectivity index (χ2n) is 5.12. The van der Waals surface area contributed by atoms with Crippen LogP contribution in [0.25, 0.3) is 0 Å². The van der Waals surface area contributed by atoms with Gasteiger partial charge in [0.05, 0.1) is 7.11 Å². The lowest BCUT2D eigenvalue weighted by atomic mass is 10.1. The number of fused-ring (bicyclic) bond motifs is 1. The Hall–Kier alpha value is -1.53. The molecule has 2 aromatic rings. The van der Waals surface area contributed by atoms with E-state index in [1.165, 1.54) is 18.7 Å². The Morgan fingerprint density at radius 2 is 1.82 bits per heavy atom. The molecule has 4 nitrogen and oxygen atoms in total. The van der Waals surface area contributed by atoms with Crippen LogP contribution in [0.5, 0.6) is 11.5 Å². The highest BCUT2D eigenvalue weighted by Gasteiger charge is 2.23. The maximum Gasteiger partial charge on any atom is 0.342 e. The maximum absolute atomic E-state index is 12.5. The Balaban J connectivity index is 1.95. The third kappa shape index (κ3) is 2.98. The Kier molecular flexibility index (Phi) is 4.14. The molecule has 3 rings (SSSR count). The SMILES string of the molecule is COc1ccc(Br)cc1S(=O)(=O)Oc1ccc2c(c1)CCC2. The zero-order valence-corrected chi connectivity index (χ0v) is 14.4. The lowest BCUT2D eigenvalue weighted by Crippen LogP contribution is -2.11. The van der Waals surface area contributed by atoms with Gasteiger partial charge in [0.15, 0.2) is 0 Å². The van der Waals surface area contributed by atoms with Crippen molar-refractivity contribution in [2.45, 2.75) is 24.2 Å².